The van der Waals surface area contributed by atoms with Gasteiger partial charge in [0, 0.05) is 49.9 Å². The monoisotopic (exact) mass is 679 g/mol. The second kappa shape index (κ2) is 14.7. The van der Waals surface area contributed by atoms with E-state index in [9.17, 15) is 9.18 Å². The lowest BCUT2D eigenvalue weighted by molar-refractivity contribution is -0.111. The summed E-state index contributed by atoms with van der Waals surface area (Å²) in [6.45, 7) is 9.13. The fourth-order valence-electron chi connectivity index (χ4n) is 6.82. The molecule has 0 unspecified atom stereocenters. The van der Waals surface area contributed by atoms with E-state index in [1.807, 2.05) is 47.5 Å². The van der Waals surface area contributed by atoms with Gasteiger partial charge in [-0.15, -0.1) is 0 Å². The predicted molar refractivity (Wildman–Crippen MR) is 192 cm³/mol. The lowest BCUT2D eigenvalue weighted by Gasteiger charge is -2.42. The highest BCUT2D eigenvalue weighted by Crippen LogP contribution is 2.40. The topological polar surface area (TPSA) is 104 Å². The van der Waals surface area contributed by atoms with Gasteiger partial charge < -0.3 is 25.0 Å². The average molecular weight is 680 g/mol. The maximum atomic E-state index is 13.7. The molecule has 3 fully saturated rings. The molecule has 0 bridgehead atoms. The number of ether oxygens (including phenoxy) is 2. The van der Waals surface area contributed by atoms with E-state index >= 15 is 0 Å². The second-order valence-electron chi connectivity index (χ2n) is 12.9. The fourth-order valence-corrected chi connectivity index (χ4v) is 6.82. The summed E-state index contributed by atoms with van der Waals surface area (Å²) in [4.78, 5) is 32.5. The van der Waals surface area contributed by atoms with Crippen LogP contribution in [0.15, 0.2) is 85.7 Å². The summed E-state index contributed by atoms with van der Waals surface area (Å²) < 4.78 is 25.4. The van der Waals surface area contributed by atoms with Crippen molar-refractivity contribution in [2.24, 2.45) is 0 Å². The Kier molecular flexibility index (Phi) is 9.81. The Hall–Kier alpha value is -5.20. The normalized spacial score (nSPS) is 19.3. The van der Waals surface area contributed by atoms with E-state index in [1.54, 1.807) is 19.2 Å². The van der Waals surface area contributed by atoms with Crippen molar-refractivity contribution in [1.29, 1.82) is 0 Å². The summed E-state index contributed by atoms with van der Waals surface area (Å²) in [5, 5.41) is 8.21. The number of carbonyl (C=O) groups excluding carboxylic acids is 1. The highest BCUT2D eigenvalue weighted by atomic mass is 19.1. The number of methoxy groups -OCH3 is 1. The maximum Gasteiger partial charge on any atom is 0.247 e. The predicted octanol–water partition coefficient (Wildman–Crippen LogP) is 6.71. The molecule has 3 heterocycles. The largest absolute Gasteiger partial charge is 0.494 e. The Bertz CT molecular complexity index is 1850. The van der Waals surface area contributed by atoms with E-state index in [0.29, 0.717) is 65.4 Å². The van der Waals surface area contributed by atoms with Crippen molar-refractivity contribution in [1.82, 2.24) is 14.9 Å². The third-order valence-electron chi connectivity index (χ3n) is 9.35. The molecular weight excluding hydrogens is 637 g/mol. The molecule has 12 heteroatoms. The summed E-state index contributed by atoms with van der Waals surface area (Å²) in [6.07, 6.45) is 6.80. The minimum atomic E-state index is -0.348. The number of aromatic nitrogens is 2. The van der Waals surface area contributed by atoms with E-state index in [2.05, 4.69) is 43.9 Å². The Morgan fingerprint density at radius 3 is 2.62 bits per heavy atom. The first kappa shape index (κ1) is 33.3. The molecule has 2 N–H and O–H groups in total. The molecule has 1 saturated carbocycles. The number of halogens is 1. The van der Waals surface area contributed by atoms with E-state index in [-0.39, 0.29) is 17.8 Å². The standard InChI is InChI=1S/C38H42FN7O4/c1-4-38(47)43-32-20-33(35(48-3)21-34(32)44-14-15-45(25(2)23-44)28-11-12-28)42-36-22-37(41-24-40-36)46-29(13-16-49-46)17-26-7-5-9-30(18-26)50-31-10-6-8-27(39)19-31/h4-10,18-22,24-25,28-29H,1,11-17,23H2,2-3H3,(H,43,47)(H,40,41,42)/t25-,29-/m1/s1. The Morgan fingerprint density at radius 2 is 1.86 bits per heavy atom. The van der Waals surface area contributed by atoms with Crippen LogP contribution < -0.4 is 30.1 Å². The van der Waals surface area contributed by atoms with Gasteiger partial charge >= 0.3 is 0 Å². The first-order chi connectivity index (χ1) is 24.4. The van der Waals surface area contributed by atoms with Crippen LogP contribution >= 0.6 is 0 Å². The number of nitrogens with zero attached hydrogens (tertiary/aromatic N) is 5. The van der Waals surface area contributed by atoms with Crippen LogP contribution in [0.2, 0.25) is 0 Å². The van der Waals surface area contributed by atoms with Crippen LogP contribution in [0, 0.1) is 5.82 Å². The molecule has 50 heavy (non-hydrogen) atoms. The number of hydrogen-bond donors (Lipinski definition) is 2. The fraction of sp³-hybridized carbons (Fsp3) is 0.342. The summed E-state index contributed by atoms with van der Waals surface area (Å²) in [7, 11) is 1.63. The van der Waals surface area contributed by atoms with Crippen LogP contribution in [-0.2, 0) is 16.1 Å². The minimum Gasteiger partial charge on any atom is -0.494 e. The van der Waals surface area contributed by atoms with E-state index in [0.717, 1.165) is 37.3 Å². The van der Waals surface area contributed by atoms with Crippen molar-refractivity contribution in [2.45, 2.75) is 50.7 Å². The zero-order valence-electron chi connectivity index (χ0n) is 28.3. The van der Waals surface area contributed by atoms with Gasteiger partial charge in [-0.2, -0.15) is 0 Å². The van der Waals surface area contributed by atoms with Crippen LogP contribution in [0.4, 0.5) is 33.1 Å². The Balaban J connectivity index is 1.09. The zero-order chi connectivity index (χ0) is 34.6. The van der Waals surface area contributed by atoms with E-state index in [1.165, 1.54) is 37.4 Å². The highest BCUT2D eigenvalue weighted by molar-refractivity contribution is 6.02. The van der Waals surface area contributed by atoms with Crippen LogP contribution in [0.25, 0.3) is 0 Å². The van der Waals surface area contributed by atoms with E-state index in [4.69, 9.17) is 14.3 Å². The summed E-state index contributed by atoms with van der Waals surface area (Å²) in [6, 6.07) is 20.7. The van der Waals surface area contributed by atoms with Gasteiger partial charge in [0.1, 0.15) is 35.2 Å². The first-order valence-corrected chi connectivity index (χ1v) is 17.1. The smallest absolute Gasteiger partial charge is 0.247 e. The number of anilines is 5. The molecule has 2 atom stereocenters. The van der Waals surface area contributed by atoms with Gasteiger partial charge in [0.05, 0.1) is 36.8 Å². The zero-order valence-corrected chi connectivity index (χ0v) is 28.3. The summed E-state index contributed by atoms with van der Waals surface area (Å²) >= 11 is 0. The second-order valence-corrected chi connectivity index (χ2v) is 12.9. The highest BCUT2D eigenvalue weighted by Gasteiger charge is 2.36. The molecule has 0 spiro atoms. The van der Waals surface area contributed by atoms with Crippen LogP contribution in [0.1, 0.15) is 31.7 Å². The number of amides is 1. The van der Waals surface area contributed by atoms with Gasteiger partial charge in [-0.25, -0.2) is 19.4 Å². The number of hydroxylamine groups is 1. The number of nitrogens with one attached hydrogen (secondary N) is 2. The molecular formula is C38H42FN7O4. The lowest BCUT2D eigenvalue weighted by Crippen LogP contribution is -2.52. The third kappa shape index (κ3) is 7.66. The van der Waals surface area contributed by atoms with Crippen molar-refractivity contribution in [3.05, 3.63) is 97.1 Å². The molecule has 0 radical (unpaired) electrons. The molecule has 1 aliphatic carbocycles. The third-order valence-corrected chi connectivity index (χ3v) is 9.35. The quantitative estimate of drug-likeness (QED) is 0.157. The summed E-state index contributed by atoms with van der Waals surface area (Å²) in [5.41, 5.74) is 3.24. The lowest BCUT2D eigenvalue weighted by atomic mass is 10.0. The molecule has 3 aliphatic rings. The van der Waals surface area contributed by atoms with Crippen molar-refractivity contribution >= 4 is 34.6 Å². The molecule has 7 rings (SSSR count). The number of carbonyl (C=O) groups is 1. The van der Waals surface area contributed by atoms with E-state index < -0.39 is 0 Å². The number of piperazine rings is 1. The first-order valence-electron chi connectivity index (χ1n) is 17.1. The van der Waals surface area contributed by atoms with Gasteiger partial charge in [-0.1, -0.05) is 24.8 Å². The van der Waals surface area contributed by atoms with Crippen LogP contribution in [-0.4, -0.2) is 72.3 Å². The van der Waals surface area contributed by atoms with Crippen molar-refractivity contribution in [3.63, 3.8) is 0 Å². The van der Waals surface area contributed by atoms with Gasteiger partial charge in [-0.3, -0.25) is 14.5 Å². The van der Waals surface area contributed by atoms with Gasteiger partial charge in [0.2, 0.25) is 5.91 Å². The van der Waals surface area contributed by atoms with Crippen molar-refractivity contribution < 1.29 is 23.5 Å². The maximum absolute atomic E-state index is 13.7. The van der Waals surface area contributed by atoms with Crippen LogP contribution in [0.5, 0.6) is 17.2 Å². The molecule has 1 aromatic heterocycles. The molecule has 2 aliphatic heterocycles. The molecule has 2 saturated heterocycles. The van der Waals surface area contributed by atoms with Gasteiger partial charge in [0.15, 0.2) is 5.82 Å². The summed E-state index contributed by atoms with van der Waals surface area (Å²) in [5.74, 6) is 2.19. The number of rotatable bonds is 12. The molecule has 11 nitrogen and oxygen atoms in total. The Labute approximate surface area is 291 Å². The van der Waals surface area contributed by atoms with Gasteiger partial charge in [-0.05, 0) is 74.6 Å². The SMILES string of the molecule is C=CC(=O)Nc1cc(Nc2cc(N3OCC[C@@H]3Cc3cccc(Oc4cccc(F)c4)c3)ncn2)c(OC)cc1N1CCN(C2CC2)[C@H](C)C1. The Morgan fingerprint density at radius 1 is 1.04 bits per heavy atom. The van der Waals surface area contributed by atoms with Crippen molar-refractivity contribution in [2.75, 3.05) is 53.9 Å². The van der Waals surface area contributed by atoms with Crippen molar-refractivity contribution in [3.8, 4) is 17.2 Å². The molecule has 4 aromatic rings. The molecule has 3 aromatic carbocycles. The minimum absolute atomic E-state index is 0.0134. The molecule has 260 valence electrons. The average Bonchev–Trinajstić information content (AvgIpc) is 3.85. The van der Waals surface area contributed by atoms with Crippen LogP contribution in [0.3, 0.4) is 0 Å². The van der Waals surface area contributed by atoms with Gasteiger partial charge in [0.25, 0.3) is 0 Å². The number of hydrogen-bond acceptors (Lipinski definition) is 10. The molecule has 1 amide bonds. The number of benzene rings is 3.